The van der Waals surface area contributed by atoms with Gasteiger partial charge in [0.2, 0.25) is 0 Å². The zero-order chi connectivity index (χ0) is 21.4. The van der Waals surface area contributed by atoms with Gasteiger partial charge in [0.1, 0.15) is 11.3 Å². The summed E-state index contributed by atoms with van der Waals surface area (Å²) in [6.45, 7) is 0. The molecule has 4 amide bonds. The number of hydrogen-bond acceptors (Lipinski definition) is 7. The number of rotatable bonds is 4. The first-order chi connectivity index (χ1) is 14.3. The SMILES string of the molecule is NC(=O)NNC(=O)c1cc(-c2cc3ccccc3o2)sc1-c1csc(N)c1C(N)=O. The number of anilines is 1. The summed E-state index contributed by atoms with van der Waals surface area (Å²) < 4.78 is 5.89. The van der Waals surface area contributed by atoms with E-state index in [1.54, 1.807) is 11.4 Å². The lowest BCUT2D eigenvalue weighted by Crippen LogP contribution is -2.44. The number of nitrogens with one attached hydrogen (secondary N) is 2. The Labute approximate surface area is 177 Å². The number of nitrogens with two attached hydrogens (primary N) is 3. The van der Waals surface area contributed by atoms with Crippen LogP contribution in [0.25, 0.3) is 32.0 Å². The van der Waals surface area contributed by atoms with Crippen molar-refractivity contribution in [3.05, 3.63) is 52.9 Å². The number of carbonyl (C=O) groups excluding carboxylic acids is 3. The van der Waals surface area contributed by atoms with Gasteiger partial charge in [0, 0.05) is 21.2 Å². The molecular weight excluding hydrogens is 426 g/mol. The molecule has 1 aromatic carbocycles. The van der Waals surface area contributed by atoms with Crippen molar-refractivity contribution in [2.75, 3.05) is 5.73 Å². The van der Waals surface area contributed by atoms with Crippen LogP contribution in [0.2, 0.25) is 0 Å². The molecule has 0 radical (unpaired) electrons. The lowest BCUT2D eigenvalue weighted by molar-refractivity contribution is 0.0937. The first kappa shape index (κ1) is 19.5. The molecule has 0 aliphatic carbocycles. The molecule has 0 aliphatic heterocycles. The van der Waals surface area contributed by atoms with Crippen LogP contribution in [0.15, 0.2) is 46.2 Å². The number of primary amides is 2. The fraction of sp³-hybridized carbons (Fsp3) is 0. The average molecular weight is 441 g/mol. The van der Waals surface area contributed by atoms with Gasteiger partial charge < -0.3 is 21.6 Å². The lowest BCUT2D eigenvalue weighted by Gasteiger charge is -2.06. The Bertz CT molecular complexity index is 1270. The van der Waals surface area contributed by atoms with E-state index in [4.69, 9.17) is 21.6 Å². The number of carbonyl (C=O) groups is 3. The van der Waals surface area contributed by atoms with E-state index < -0.39 is 17.8 Å². The minimum Gasteiger partial charge on any atom is -0.455 e. The quantitative estimate of drug-likeness (QED) is 0.307. The van der Waals surface area contributed by atoms with Gasteiger partial charge in [-0.25, -0.2) is 10.2 Å². The van der Waals surface area contributed by atoms with Crippen molar-refractivity contribution in [3.8, 4) is 21.1 Å². The van der Waals surface area contributed by atoms with Crippen LogP contribution in [0.4, 0.5) is 9.80 Å². The topological polar surface area (TPSA) is 166 Å². The zero-order valence-corrected chi connectivity index (χ0v) is 16.9. The van der Waals surface area contributed by atoms with E-state index in [9.17, 15) is 14.4 Å². The van der Waals surface area contributed by atoms with E-state index >= 15 is 0 Å². The van der Waals surface area contributed by atoms with Gasteiger partial charge in [0.25, 0.3) is 11.8 Å². The number of thiophene rings is 2. The molecule has 0 saturated carbocycles. The maximum Gasteiger partial charge on any atom is 0.330 e. The van der Waals surface area contributed by atoms with Crippen molar-refractivity contribution >= 4 is 56.5 Å². The Morgan fingerprint density at radius 3 is 2.50 bits per heavy atom. The molecule has 3 heterocycles. The molecule has 3 aromatic heterocycles. The van der Waals surface area contributed by atoms with E-state index in [1.807, 2.05) is 35.8 Å². The van der Waals surface area contributed by atoms with Gasteiger partial charge in [-0.1, -0.05) is 18.2 Å². The molecule has 9 nitrogen and oxygen atoms in total. The van der Waals surface area contributed by atoms with Gasteiger partial charge in [0.15, 0.2) is 0 Å². The van der Waals surface area contributed by atoms with Crippen LogP contribution < -0.4 is 28.1 Å². The molecule has 4 aromatic rings. The van der Waals surface area contributed by atoms with Crippen LogP contribution in [-0.2, 0) is 0 Å². The van der Waals surface area contributed by atoms with Gasteiger partial charge in [-0.05, 0) is 18.2 Å². The smallest absolute Gasteiger partial charge is 0.330 e. The number of benzene rings is 1. The predicted octanol–water partition coefficient (Wildman–Crippen LogP) is 2.88. The molecular formula is C19H15N5O4S2. The van der Waals surface area contributed by atoms with E-state index in [1.165, 1.54) is 11.3 Å². The van der Waals surface area contributed by atoms with Crippen LogP contribution in [0.3, 0.4) is 0 Å². The summed E-state index contributed by atoms with van der Waals surface area (Å²) in [6.07, 6.45) is 0. The standard InChI is InChI=1S/C19H15N5O4S2/c20-16(25)14-10(7-29-17(14)21)15-9(18(26)23-24-19(22)27)6-13(30-15)12-5-8-3-1-2-4-11(8)28-12/h1-7H,21H2,(H2,20,25)(H,23,26)(H3,22,24,27). The van der Waals surface area contributed by atoms with Gasteiger partial charge in [-0.3, -0.25) is 15.0 Å². The minimum absolute atomic E-state index is 0.134. The molecule has 0 fully saturated rings. The highest BCUT2D eigenvalue weighted by Gasteiger charge is 2.25. The van der Waals surface area contributed by atoms with E-state index in [0.29, 0.717) is 26.7 Å². The largest absolute Gasteiger partial charge is 0.455 e. The normalized spacial score (nSPS) is 10.8. The highest BCUT2D eigenvalue weighted by molar-refractivity contribution is 7.20. The predicted molar refractivity (Wildman–Crippen MR) is 116 cm³/mol. The highest BCUT2D eigenvalue weighted by Crippen LogP contribution is 2.43. The fourth-order valence-electron chi connectivity index (χ4n) is 2.96. The number of hydrazine groups is 1. The molecule has 0 aliphatic rings. The Morgan fingerprint density at radius 1 is 1.03 bits per heavy atom. The van der Waals surface area contributed by atoms with Crippen molar-refractivity contribution in [1.82, 2.24) is 10.9 Å². The van der Waals surface area contributed by atoms with Crippen molar-refractivity contribution in [2.45, 2.75) is 0 Å². The average Bonchev–Trinajstić information content (AvgIpc) is 3.41. The fourth-order valence-corrected chi connectivity index (χ4v) is 4.98. The second-order valence-electron chi connectivity index (χ2n) is 6.20. The van der Waals surface area contributed by atoms with Crippen molar-refractivity contribution < 1.29 is 18.8 Å². The van der Waals surface area contributed by atoms with Crippen LogP contribution >= 0.6 is 22.7 Å². The van der Waals surface area contributed by atoms with Gasteiger partial charge in [-0.2, -0.15) is 0 Å². The number of urea groups is 1. The van der Waals surface area contributed by atoms with Crippen molar-refractivity contribution in [1.29, 1.82) is 0 Å². The molecule has 30 heavy (non-hydrogen) atoms. The van der Waals surface area contributed by atoms with Crippen LogP contribution in [-0.4, -0.2) is 17.8 Å². The molecule has 0 saturated heterocycles. The Hall–Kier alpha value is -3.83. The van der Waals surface area contributed by atoms with E-state index in [0.717, 1.165) is 16.7 Å². The second-order valence-corrected chi connectivity index (χ2v) is 8.16. The maximum absolute atomic E-state index is 12.7. The summed E-state index contributed by atoms with van der Waals surface area (Å²) in [5, 5.41) is 2.81. The summed E-state index contributed by atoms with van der Waals surface area (Å²) in [5.74, 6) is -0.778. The van der Waals surface area contributed by atoms with Crippen LogP contribution in [0.1, 0.15) is 20.7 Å². The summed E-state index contributed by atoms with van der Waals surface area (Å²) in [6, 6.07) is 10.0. The third-order valence-corrected chi connectivity index (χ3v) is 6.25. The molecule has 0 unspecified atom stereocenters. The lowest BCUT2D eigenvalue weighted by atomic mass is 10.1. The van der Waals surface area contributed by atoms with E-state index in [2.05, 4.69) is 5.43 Å². The maximum atomic E-state index is 12.7. The Balaban J connectivity index is 1.86. The summed E-state index contributed by atoms with van der Waals surface area (Å²) in [7, 11) is 0. The van der Waals surface area contributed by atoms with Crippen LogP contribution in [0.5, 0.6) is 0 Å². The molecule has 152 valence electrons. The second kappa shape index (κ2) is 7.54. The van der Waals surface area contributed by atoms with Gasteiger partial charge in [-0.15, -0.1) is 22.7 Å². The molecule has 8 N–H and O–H groups in total. The number of fused-ring (bicyclic) bond motifs is 1. The zero-order valence-electron chi connectivity index (χ0n) is 15.2. The summed E-state index contributed by atoms with van der Waals surface area (Å²) in [4.78, 5) is 36.7. The summed E-state index contributed by atoms with van der Waals surface area (Å²) in [5.41, 5.74) is 22.1. The first-order valence-corrected chi connectivity index (χ1v) is 10.2. The number of nitrogen functional groups attached to an aromatic ring is 1. The Kier molecular flexibility index (Phi) is 4.90. The molecule has 4 rings (SSSR count). The van der Waals surface area contributed by atoms with Crippen LogP contribution in [0, 0.1) is 0 Å². The molecule has 0 spiro atoms. The van der Waals surface area contributed by atoms with Crippen molar-refractivity contribution in [2.24, 2.45) is 11.5 Å². The number of para-hydroxylation sites is 1. The molecule has 0 atom stereocenters. The summed E-state index contributed by atoms with van der Waals surface area (Å²) >= 11 is 2.37. The number of furan rings is 1. The number of hydrogen-bond donors (Lipinski definition) is 5. The monoisotopic (exact) mass is 441 g/mol. The minimum atomic E-state index is -0.921. The first-order valence-electron chi connectivity index (χ1n) is 8.51. The van der Waals surface area contributed by atoms with Gasteiger partial charge in [0.05, 0.1) is 21.0 Å². The van der Waals surface area contributed by atoms with Crippen molar-refractivity contribution in [3.63, 3.8) is 0 Å². The van der Waals surface area contributed by atoms with E-state index in [-0.39, 0.29) is 16.1 Å². The third kappa shape index (κ3) is 3.47. The molecule has 0 bridgehead atoms. The van der Waals surface area contributed by atoms with Gasteiger partial charge >= 0.3 is 6.03 Å². The molecule has 11 heteroatoms. The number of amides is 4. The highest BCUT2D eigenvalue weighted by atomic mass is 32.1. The Morgan fingerprint density at radius 2 is 1.80 bits per heavy atom. The third-order valence-electron chi connectivity index (χ3n) is 4.25.